The van der Waals surface area contributed by atoms with Gasteiger partial charge in [-0.1, -0.05) is 29.8 Å². The van der Waals surface area contributed by atoms with E-state index in [4.69, 9.17) is 11.6 Å². The van der Waals surface area contributed by atoms with Gasteiger partial charge in [-0.25, -0.2) is 4.98 Å². The van der Waals surface area contributed by atoms with Crippen LogP contribution >= 0.6 is 11.6 Å². The van der Waals surface area contributed by atoms with Crippen molar-refractivity contribution in [3.63, 3.8) is 0 Å². The van der Waals surface area contributed by atoms with Crippen molar-refractivity contribution < 1.29 is 13.5 Å². The highest BCUT2D eigenvalue weighted by Gasteiger charge is 2.25. The Morgan fingerprint density at radius 3 is 2.23 bits per heavy atom. The standard InChI is InChI=1S/C15H12ClF2N3O/c16-14-6-3-10(8-19-14)13-7-12(20-21-13)9-1-4-11(5-2-9)22-15(17)18/h1-6,8,12-13,15H,7H2. The maximum Gasteiger partial charge on any atom is 0.387 e. The number of hydrogen-bond acceptors (Lipinski definition) is 4. The number of nitrogens with zero attached hydrogens (tertiary/aromatic N) is 3. The van der Waals surface area contributed by atoms with Gasteiger partial charge in [-0.15, -0.1) is 0 Å². The van der Waals surface area contributed by atoms with Crippen LogP contribution in [0.15, 0.2) is 52.8 Å². The van der Waals surface area contributed by atoms with E-state index in [9.17, 15) is 8.78 Å². The van der Waals surface area contributed by atoms with Crippen molar-refractivity contribution in [3.05, 3.63) is 58.9 Å². The zero-order chi connectivity index (χ0) is 15.5. The van der Waals surface area contributed by atoms with Crippen molar-refractivity contribution in [2.75, 3.05) is 0 Å². The van der Waals surface area contributed by atoms with Crippen molar-refractivity contribution in [1.82, 2.24) is 4.98 Å². The lowest BCUT2D eigenvalue weighted by molar-refractivity contribution is -0.0498. The minimum absolute atomic E-state index is 0.0632. The van der Waals surface area contributed by atoms with Crippen molar-refractivity contribution in [2.24, 2.45) is 10.2 Å². The molecule has 0 amide bonds. The second kappa shape index (κ2) is 6.36. The highest BCUT2D eigenvalue weighted by atomic mass is 35.5. The van der Waals surface area contributed by atoms with E-state index in [1.54, 1.807) is 24.4 Å². The summed E-state index contributed by atoms with van der Waals surface area (Å²) in [5.74, 6) is 0.132. The fourth-order valence-electron chi connectivity index (χ4n) is 2.33. The maximum absolute atomic E-state index is 12.1. The van der Waals surface area contributed by atoms with Gasteiger partial charge < -0.3 is 4.74 Å². The van der Waals surface area contributed by atoms with Crippen LogP contribution in [0.2, 0.25) is 5.15 Å². The molecule has 22 heavy (non-hydrogen) atoms. The van der Waals surface area contributed by atoms with Crippen LogP contribution in [0.3, 0.4) is 0 Å². The molecule has 0 saturated carbocycles. The summed E-state index contributed by atoms with van der Waals surface area (Å²) in [6, 6.07) is 9.90. The molecule has 4 nitrogen and oxygen atoms in total. The maximum atomic E-state index is 12.1. The van der Waals surface area contributed by atoms with E-state index in [1.807, 2.05) is 6.07 Å². The Balaban J connectivity index is 1.67. The number of aromatic nitrogens is 1. The first-order valence-electron chi connectivity index (χ1n) is 6.68. The number of halogens is 3. The third-order valence-corrected chi connectivity index (χ3v) is 3.64. The van der Waals surface area contributed by atoms with Gasteiger partial charge in [0.25, 0.3) is 0 Å². The van der Waals surface area contributed by atoms with Gasteiger partial charge in [0.05, 0.1) is 12.1 Å². The lowest BCUT2D eigenvalue weighted by Crippen LogP contribution is -2.02. The van der Waals surface area contributed by atoms with E-state index in [2.05, 4.69) is 19.9 Å². The highest BCUT2D eigenvalue weighted by Crippen LogP contribution is 2.38. The van der Waals surface area contributed by atoms with Crippen molar-refractivity contribution >= 4 is 11.6 Å². The van der Waals surface area contributed by atoms with Crippen LogP contribution in [0, 0.1) is 0 Å². The first-order valence-corrected chi connectivity index (χ1v) is 7.06. The molecule has 0 bridgehead atoms. The molecular weight excluding hydrogens is 312 g/mol. The van der Waals surface area contributed by atoms with Crippen LogP contribution in [0.5, 0.6) is 5.75 Å². The van der Waals surface area contributed by atoms with Crippen molar-refractivity contribution in [1.29, 1.82) is 0 Å². The molecule has 2 aromatic rings. The molecule has 3 rings (SSSR count). The predicted octanol–water partition coefficient (Wildman–Crippen LogP) is 4.97. The van der Waals surface area contributed by atoms with Gasteiger partial charge in [0, 0.05) is 12.6 Å². The second-order valence-corrected chi connectivity index (χ2v) is 5.25. The smallest absolute Gasteiger partial charge is 0.387 e. The Hall–Kier alpha value is -2.08. The second-order valence-electron chi connectivity index (χ2n) is 4.86. The fourth-order valence-corrected chi connectivity index (χ4v) is 2.44. The summed E-state index contributed by atoms with van der Waals surface area (Å²) in [5.41, 5.74) is 1.86. The van der Waals surface area contributed by atoms with Crippen LogP contribution in [0.25, 0.3) is 0 Å². The van der Waals surface area contributed by atoms with Gasteiger partial charge in [-0.05, 0) is 29.3 Å². The third kappa shape index (κ3) is 3.39. The fraction of sp³-hybridized carbons (Fsp3) is 0.267. The molecule has 114 valence electrons. The molecule has 0 spiro atoms. The summed E-state index contributed by atoms with van der Waals surface area (Å²) in [6.45, 7) is -2.82. The Kier molecular flexibility index (Phi) is 4.29. The molecule has 7 heteroatoms. The Morgan fingerprint density at radius 2 is 1.64 bits per heavy atom. The average molecular weight is 324 g/mol. The molecule has 1 aliphatic heterocycles. The summed E-state index contributed by atoms with van der Waals surface area (Å²) < 4.78 is 28.6. The number of ether oxygens (including phenoxy) is 1. The number of pyridine rings is 1. The lowest BCUT2D eigenvalue weighted by Gasteiger charge is -2.10. The molecule has 0 aliphatic carbocycles. The predicted molar refractivity (Wildman–Crippen MR) is 77.3 cm³/mol. The largest absolute Gasteiger partial charge is 0.435 e. The molecule has 2 atom stereocenters. The first kappa shape index (κ1) is 14.8. The van der Waals surface area contributed by atoms with Gasteiger partial charge in [-0.2, -0.15) is 19.0 Å². The average Bonchev–Trinajstić information content (AvgIpc) is 2.98. The number of hydrogen-bond donors (Lipinski definition) is 0. The quantitative estimate of drug-likeness (QED) is 0.745. The van der Waals surface area contributed by atoms with Crippen LogP contribution in [-0.4, -0.2) is 11.6 Å². The summed E-state index contributed by atoms with van der Waals surface area (Å²) in [5, 5.41) is 8.94. The normalized spacial score (nSPS) is 20.5. The van der Waals surface area contributed by atoms with Gasteiger partial charge in [0.2, 0.25) is 0 Å². The van der Waals surface area contributed by atoms with Crippen LogP contribution in [-0.2, 0) is 0 Å². The molecule has 2 heterocycles. The minimum Gasteiger partial charge on any atom is -0.435 e. The SMILES string of the molecule is FC(F)Oc1ccc(C2CC(c3ccc(Cl)nc3)N=N2)cc1. The molecule has 1 aromatic heterocycles. The van der Waals surface area contributed by atoms with Gasteiger partial charge in [0.15, 0.2) is 0 Å². The molecule has 0 saturated heterocycles. The van der Waals surface area contributed by atoms with Crippen molar-refractivity contribution in [2.45, 2.75) is 25.1 Å². The third-order valence-electron chi connectivity index (χ3n) is 3.42. The molecule has 1 aromatic carbocycles. The van der Waals surface area contributed by atoms with Crippen LogP contribution in [0.4, 0.5) is 8.78 Å². The molecule has 0 fully saturated rings. The first-order chi connectivity index (χ1) is 10.6. The van der Waals surface area contributed by atoms with E-state index in [0.717, 1.165) is 11.1 Å². The number of rotatable bonds is 4. The van der Waals surface area contributed by atoms with Crippen molar-refractivity contribution in [3.8, 4) is 5.75 Å². The van der Waals surface area contributed by atoms with E-state index in [0.29, 0.717) is 11.6 Å². The number of benzene rings is 1. The highest BCUT2D eigenvalue weighted by molar-refractivity contribution is 6.29. The molecule has 2 unspecified atom stereocenters. The van der Waals surface area contributed by atoms with Gasteiger partial charge >= 0.3 is 6.61 Å². The molecule has 0 N–H and O–H groups in total. The van der Waals surface area contributed by atoms with Crippen LogP contribution < -0.4 is 4.74 Å². The zero-order valence-corrected chi connectivity index (χ0v) is 12.1. The summed E-state index contributed by atoms with van der Waals surface area (Å²) in [4.78, 5) is 4.04. The van der Waals surface area contributed by atoms with Gasteiger partial charge in [0.1, 0.15) is 10.9 Å². The Morgan fingerprint density at radius 1 is 1.00 bits per heavy atom. The van der Waals surface area contributed by atoms with Gasteiger partial charge in [-0.3, -0.25) is 0 Å². The van der Waals surface area contributed by atoms with E-state index in [1.165, 1.54) is 12.1 Å². The van der Waals surface area contributed by atoms with E-state index < -0.39 is 6.61 Å². The lowest BCUT2D eigenvalue weighted by atomic mass is 9.98. The summed E-state index contributed by atoms with van der Waals surface area (Å²) in [7, 11) is 0. The Bertz CT molecular complexity index is 661. The summed E-state index contributed by atoms with van der Waals surface area (Å²) in [6.07, 6.45) is 2.40. The van der Waals surface area contributed by atoms with E-state index >= 15 is 0 Å². The Labute approximate surface area is 130 Å². The number of azo groups is 1. The monoisotopic (exact) mass is 323 g/mol. The summed E-state index contributed by atoms with van der Waals surface area (Å²) >= 11 is 5.76. The molecular formula is C15H12ClF2N3O. The molecule has 1 aliphatic rings. The number of alkyl halides is 2. The minimum atomic E-state index is -2.82. The van der Waals surface area contributed by atoms with E-state index in [-0.39, 0.29) is 17.8 Å². The molecule has 0 radical (unpaired) electrons. The zero-order valence-electron chi connectivity index (χ0n) is 11.4. The topological polar surface area (TPSA) is 46.8 Å². The van der Waals surface area contributed by atoms with Crippen LogP contribution in [0.1, 0.15) is 29.6 Å².